The zero-order valence-corrected chi connectivity index (χ0v) is 16.9. The van der Waals surface area contributed by atoms with E-state index in [0.717, 1.165) is 60.3 Å². The minimum absolute atomic E-state index is 0.103. The highest BCUT2D eigenvalue weighted by Crippen LogP contribution is 2.35. The Kier molecular flexibility index (Phi) is 6.93. The van der Waals surface area contributed by atoms with Gasteiger partial charge in [-0.1, -0.05) is 38.3 Å². The summed E-state index contributed by atoms with van der Waals surface area (Å²) in [6.07, 6.45) is 6.39. The van der Waals surface area contributed by atoms with E-state index in [4.69, 9.17) is 14.3 Å². The van der Waals surface area contributed by atoms with Crippen molar-refractivity contribution in [2.24, 2.45) is 0 Å². The van der Waals surface area contributed by atoms with Gasteiger partial charge in [0.1, 0.15) is 11.5 Å². The maximum atomic E-state index is 13.0. The summed E-state index contributed by atoms with van der Waals surface area (Å²) < 4.78 is 10.8. The summed E-state index contributed by atoms with van der Waals surface area (Å²) in [6, 6.07) is 11.4. The van der Waals surface area contributed by atoms with Gasteiger partial charge in [-0.15, -0.1) is 0 Å². The first kappa shape index (κ1) is 20.2. The van der Waals surface area contributed by atoms with E-state index in [0.29, 0.717) is 5.56 Å². The molecule has 1 aliphatic carbocycles. The lowest BCUT2D eigenvalue weighted by atomic mass is 9.91. The van der Waals surface area contributed by atoms with E-state index < -0.39 is 0 Å². The van der Waals surface area contributed by atoms with E-state index in [1.165, 1.54) is 6.42 Å². The Labute approximate surface area is 167 Å². The van der Waals surface area contributed by atoms with Gasteiger partial charge in [0.15, 0.2) is 0 Å². The minimum atomic E-state index is -0.228. The number of ether oxygens (including phenoxy) is 2. The van der Waals surface area contributed by atoms with Crippen LogP contribution in [0, 0.1) is 0 Å². The van der Waals surface area contributed by atoms with Crippen LogP contribution in [0.5, 0.6) is 11.5 Å². The average molecular weight is 383 g/mol. The molecule has 0 spiro atoms. The van der Waals surface area contributed by atoms with E-state index in [-0.39, 0.29) is 12.0 Å². The van der Waals surface area contributed by atoms with Crippen LogP contribution in [0.25, 0.3) is 11.1 Å². The zero-order chi connectivity index (χ0) is 19.9. The summed E-state index contributed by atoms with van der Waals surface area (Å²) in [7, 11) is 3.29. The summed E-state index contributed by atoms with van der Waals surface area (Å²) in [5, 5.41) is 0. The highest BCUT2D eigenvalue weighted by atomic mass is 16.7. The number of amides is 1. The molecular weight excluding hydrogens is 354 g/mol. The monoisotopic (exact) mass is 383 g/mol. The van der Waals surface area contributed by atoms with Crippen LogP contribution in [0.4, 0.5) is 0 Å². The van der Waals surface area contributed by atoms with Crippen LogP contribution in [-0.2, 0) is 11.3 Å². The number of nitrogens with one attached hydrogen (secondary N) is 1. The fourth-order valence-corrected chi connectivity index (χ4v) is 3.82. The number of benzene rings is 2. The van der Waals surface area contributed by atoms with Crippen LogP contribution in [0.3, 0.4) is 0 Å². The van der Waals surface area contributed by atoms with E-state index in [1.54, 1.807) is 20.3 Å². The van der Waals surface area contributed by atoms with Gasteiger partial charge in [-0.3, -0.25) is 9.63 Å². The maximum absolute atomic E-state index is 13.0. The number of hydrogen-bond acceptors (Lipinski definition) is 4. The molecule has 1 N–H and O–H groups in total. The molecule has 150 valence electrons. The molecule has 0 heterocycles. The van der Waals surface area contributed by atoms with Gasteiger partial charge in [-0.2, -0.15) is 0 Å². The molecule has 1 aliphatic rings. The maximum Gasteiger partial charge on any atom is 0.275 e. The number of carbonyl (C=O) groups excluding carboxylic acids is 1. The molecule has 0 saturated heterocycles. The first-order chi connectivity index (χ1) is 13.7. The van der Waals surface area contributed by atoms with E-state index in [9.17, 15) is 4.79 Å². The quantitative estimate of drug-likeness (QED) is 0.689. The lowest BCUT2D eigenvalue weighted by molar-refractivity contribution is -0.0312. The third kappa shape index (κ3) is 4.47. The van der Waals surface area contributed by atoms with Crippen LogP contribution in [-0.4, -0.2) is 26.2 Å². The molecule has 2 aromatic carbocycles. The molecule has 1 amide bonds. The molecule has 1 fully saturated rings. The van der Waals surface area contributed by atoms with Gasteiger partial charge in [0.2, 0.25) is 0 Å². The number of hydroxylamine groups is 1. The lowest BCUT2D eigenvalue weighted by Crippen LogP contribution is -2.31. The predicted octanol–water partition coefficient (Wildman–Crippen LogP) is 4.93. The lowest BCUT2D eigenvalue weighted by Gasteiger charge is -2.22. The van der Waals surface area contributed by atoms with E-state index in [2.05, 4.69) is 12.4 Å². The van der Waals surface area contributed by atoms with Crippen LogP contribution in [0.1, 0.15) is 54.9 Å². The van der Waals surface area contributed by atoms with Gasteiger partial charge in [0, 0.05) is 16.7 Å². The third-order valence-electron chi connectivity index (χ3n) is 5.34. The molecule has 5 nitrogen and oxygen atoms in total. The van der Waals surface area contributed by atoms with Crippen molar-refractivity contribution < 1.29 is 19.1 Å². The van der Waals surface area contributed by atoms with Crippen molar-refractivity contribution in [3.63, 3.8) is 0 Å². The van der Waals surface area contributed by atoms with Crippen LogP contribution >= 0.6 is 0 Å². The number of methoxy groups -OCH3 is 2. The molecule has 5 heteroatoms. The third-order valence-corrected chi connectivity index (χ3v) is 5.34. The van der Waals surface area contributed by atoms with Gasteiger partial charge < -0.3 is 9.47 Å². The summed E-state index contributed by atoms with van der Waals surface area (Å²) in [5.41, 5.74) is 6.08. The van der Waals surface area contributed by atoms with Crippen molar-refractivity contribution >= 4 is 5.91 Å². The van der Waals surface area contributed by atoms with Crippen LogP contribution in [0.15, 0.2) is 36.4 Å². The second-order valence-corrected chi connectivity index (χ2v) is 7.06. The van der Waals surface area contributed by atoms with Gasteiger partial charge in [-0.25, -0.2) is 5.48 Å². The van der Waals surface area contributed by atoms with Crippen molar-refractivity contribution in [2.75, 3.05) is 14.2 Å². The van der Waals surface area contributed by atoms with Crippen LogP contribution < -0.4 is 15.0 Å². The normalized spacial score (nSPS) is 14.5. The Balaban J connectivity index is 1.93. The number of carbonyl (C=O) groups is 1. The standard InChI is InChI=1S/C23H29NO4/c1-4-19-21(27-3)15-14-20(22(19)16-10-12-17(26-2)13-11-16)23(25)24-28-18-8-6-5-7-9-18/h10-15,18H,4-9H2,1-3H3,(H,24,25). The molecule has 2 aromatic rings. The summed E-state index contributed by atoms with van der Waals surface area (Å²) in [6.45, 7) is 2.06. The first-order valence-electron chi connectivity index (χ1n) is 9.98. The number of rotatable bonds is 7. The van der Waals surface area contributed by atoms with E-state index in [1.807, 2.05) is 30.3 Å². The molecule has 28 heavy (non-hydrogen) atoms. The summed E-state index contributed by atoms with van der Waals surface area (Å²) in [5.74, 6) is 1.32. The Hall–Kier alpha value is -2.53. The van der Waals surface area contributed by atoms with Crippen LogP contribution in [0.2, 0.25) is 0 Å². The molecule has 0 aromatic heterocycles. The highest BCUT2D eigenvalue weighted by molar-refractivity contribution is 6.01. The van der Waals surface area contributed by atoms with Gasteiger partial charge in [0.05, 0.1) is 20.3 Å². The first-order valence-corrected chi connectivity index (χ1v) is 9.98. The Morgan fingerprint density at radius 3 is 2.32 bits per heavy atom. The zero-order valence-electron chi connectivity index (χ0n) is 16.9. The Morgan fingerprint density at radius 1 is 1.00 bits per heavy atom. The average Bonchev–Trinajstić information content (AvgIpc) is 2.77. The summed E-state index contributed by atoms with van der Waals surface area (Å²) >= 11 is 0. The molecule has 0 aliphatic heterocycles. The van der Waals surface area contributed by atoms with Gasteiger partial charge in [-0.05, 0) is 49.1 Å². The summed E-state index contributed by atoms with van der Waals surface area (Å²) in [4.78, 5) is 18.7. The molecule has 3 rings (SSSR count). The molecular formula is C23H29NO4. The van der Waals surface area contributed by atoms with Crippen molar-refractivity contribution in [2.45, 2.75) is 51.6 Å². The topological polar surface area (TPSA) is 56.8 Å². The fourth-order valence-electron chi connectivity index (χ4n) is 3.82. The smallest absolute Gasteiger partial charge is 0.275 e. The predicted molar refractivity (Wildman–Crippen MR) is 110 cm³/mol. The van der Waals surface area contributed by atoms with Crippen molar-refractivity contribution in [1.82, 2.24) is 5.48 Å². The SMILES string of the molecule is CCc1c(OC)ccc(C(=O)NOC2CCCCC2)c1-c1ccc(OC)cc1. The molecule has 0 atom stereocenters. The Bertz CT molecular complexity index is 795. The van der Waals surface area contributed by atoms with Crippen molar-refractivity contribution in [3.05, 3.63) is 47.5 Å². The second-order valence-electron chi connectivity index (χ2n) is 7.06. The highest BCUT2D eigenvalue weighted by Gasteiger charge is 2.21. The van der Waals surface area contributed by atoms with E-state index >= 15 is 0 Å². The molecule has 0 bridgehead atoms. The molecule has 1 saturated carbocycles. The fraction of sp³-hybridized carbons (Fsp3) is 0.435. The van der Waals surface area contributed by atoms with Gasteiger partial charge >= 0.3 is 0 Å². The van der Waals surface area contributed by atoms with Gasteiger partial charge in [0.25, 0.3) is 5.91 Å². The minimum Gasteiger partial charge on any atom is -0.497 e. The number of hydrogen-bond donors (Lipinski definition) is 1. The van der Waals surface area contributed by atoms with Crippen molar-refractivity contribution in [3.8, 4) is 22.6 Å². The second kappa shape index (κ2) is 9.60. The van der Waals surface area contributed by atoms with Crippen molar-refractivity contribution in [1.29, 1.82) is 0 Å². The Morgan fingerprint density at radius 2 is 1.71 bits per heavy atom. The largest absolute Gasteiger partial charge is 0.497 e. The molecule has 0 unspecified atom stereocenters. The molecule has 0 radical (unpaired) electrons.